The fourth-order valence-electron chi connectivity index (χ4n) is 6.24. The van der Waals surface area contributed by atoms with Crippen molar-refractivity contribution in [2.75, 3.05) is 26.7 Å². The molecule has 0 aliphatic carbocycles. The Morgan fingerprint density at radius 3 is 2.44 bits per heavy atom. The first kappa shape index (κ1) is 32.3. The summed E-state index contributed by atoms with van der Waals surface area (Å²) in [6.07, 6.45) is 1.07. The molecular formula is C37H38N6O5. The van der Waals surface area contributed by atoms with Crippen LogP contribution in [0.1, 0.15) is 16.8 Å². The summed E-state index contributed by atoms with van der Waals surface area (Å²) < 4.78 is 5.29. The molecule has 2 aliphatic rings. The summed E-state index contributed by atoms with van der Waals surface area (Å²) in [5.41, 5.74) is 4.01. The number of pyridine rings is 1. The number of aromatic hydroxyl groups is 1. The first-order chi connectivity index (χ1) is 23.3. The number of carbonyl (C=O) groups excluding carboxylic acids is 3. The van der Waals surface area contributed by atoms with E-state index in [-0.39, 0.29) is 56.2 Å². The molecule has 6 rings (SSSR count). The number of hydrogen-bond acceptors (Lipinski definition) is 7. The molecule has 11 heteroatoms. The van der Waals surface area contributed by atoms with E-state index < -0.39 is 12.2 Å². The molecule has 4 aromatic rings. The zero-order valence-corrected chi connectivity index (χ0v) is 26.7. The van der Waals surface area contributed by atoms with Crippen LogP contribution in [0.2, 0.25) is 0 Å². The number of carbonyl (C=O) groups is 3. The molecule has 2 atom stereocenters. The Morgan fingerprint density at radius 1 is 0.979 bits per heavy atom. The van der Waals surface area contributed by atoms with E-state index in [1.54, 1.807) is 57.3 Å². The van der Waals surface area contributed by atoms with Gasteiger partial charge in [-0.1, -0.05) is 54.6 Å². The molecule has 11 nitrogen and oxygen atoms in total. The van der Waals surface area contributed by atoms with E-state index in [1.165, 1.54) is 0 Å². The van der Waals surface area contributed by atoms with Gasteiger partial charge in [0.2, 0.25) is 11.8 Å². The third kappa shape index (κ3) is 7.01. The molecule has 2 fully saturated rings. The van der Waals surface area contributed by atoms with Crippen LogP contribution in [0.3, 0.4) is 0 Å². The van der Waals surface area contributed by atoms with E-state index in [0.717, 1.165) is 28.1 Å². The molecule has 0 bridgehead atoms. The lowest BCUT2D eigenvalue weighted by molar-refractivity contribution is -0.189. The predicted octanol–water partition coefficient (Wildman–Crippen LogP) is 4.20. The molecule has 2 N–H and O–H groups in total. The van der Waals surface area contributed by atoms with E-state index in [4.69, 9.17) is 9.72 Å². The molecule has 0 spiro atoms. The van der Waals surface area contributed by atoms with Crippen LogP contribution in [0.25, 0.3) is 11.3 Å². The van der Waals surface area contributed by atoms with Crippen LogP contribution in [-0.4, -0.2) is 86.7 Å². The Labute approximate surface area is 279 Å². The van der Waals surface area contributed by atoms with Crippen LogP contribution >= 0.6 is 0 Å². The maximum absolute atomic E-state index is 14.3. The summed E-state index contributed by atoms with van der Waals surface area (Å²) >= 11 is 0. The smallest absolute Gasteiger partial charge is 0.334 e. The number of methoxy groups -OCH3 is 1. The van der Waals surface area contributed by atoms with Crippen LogP contribution in [0, 0.1) is 0 Å². The highest BCUT2D eigenvalue weighted by molar-refractivity contribution is 5.91. The Bertz CT molecular complexity index is 1770. The van der Waals surface area contributed by atoms with E-state index in [0.29, 0.717) is 12.2 Å². The van der Waals surface area contributed by atoms with Crippen LogP contribution < -0.4 is 10.1 Å². The van der Waals surface area contributed by atoms with Gasteiger partial charge < -0.3 is 25.0 Å². The Morgan fingerprint density at radius 2 is 1.73 bits per heavy atom. The van der Waals surface area contributed by atoms with Crippen molar-refractivity contribution in [2.24, 2.45) is 0 Å². The average Bonchev–Trinajstić information content (AvgIpc) is 3.10. The van der Waals surface area contributed by atoms with Crippen LogP contribution in [-0.2, 0) is 29.1 Å². The maximum atomic E-state index is 14.3. The van der Waals surface area contributed by atoms with Crippen molar-refractivity contribution in [3.05, 3.63) is 127 Å². The zero-order chi connectivity index (χ0) is 33.6. The minimum atomic E-state index is -0.888. The van der Waals surface area contributed by atoms with Gasteiger partial charge >= 0.3 is 6.03 Å². The normalized spacial score (nSPS) is 18.0. The number of phenols is 1. The van der Waals surface area contributed by atoms with Gasteiger partial charge in [0.05, 0.1) is 38.1 Å². The first-order valence-corrected chi connectivity index (χ1v) is 15.8. The summed E-state index contributed by atoms with van der Waals surface area (Å²) in [7, 11) is 1.62. The number of rotatable bonds is 10. The SMILES string of the molecule is C=CCN1CC(=O)N2[C@@H](Cc3ccc(O)cc3)C(=O)N(Cc3cccc(-c4ccc(OC)cc4)n3)C[C@@H]2N1C(=O)NCc1ccccc1. The number of nitrogens with zero attached hydrogens (tertiary/aromatic N) is 5. The minimum Gasteiger partial charge on any atom is -0.508 e. The summed E-state index contributed by atoms with van der Waals surface area (Å²) in [5.74, 6) is 0.339. The van der Waals surface area contributed by atoms with E-state index in [1.807, 2.05) is 72.8 Å². The largest absolute Gasteiger partial charge is 0.508 e. The Kier molecular flexibility index (Phi) is 9.67. The van der Waals surface area contributed by atoms with Gasteiger partial charge in [-0.05, 0) is 59.7 Å². The number of piperazine rings is 1. The van der Waals surface area contributed by atoms with Crippen LogP contribution in [0.15, 0.2) is 110 Å². The van der Waals surface area contributed by atoms with E-state index >= 15 is 0 Å². The fraction of sp³-hybridized carbons (Fsp3) is 0.243. The van der Waals surface area contributed by atoms with Gasteiger partial charge in [-0.3, -0.25) is 14.6 Å². The average molecular weight is 647 g/mol. The van der Waals surface area contributed by atoms with Crippen molar-refractivity contribution >= 4 is 17.8 Å². The number of fused-ring (bicyclic) bond motifs is 1. The quantitative estimate of drug-likeness (QED) is 0.248. The Hall–Kier alpha value is -5.68. The second-order valence-corrected chi connectivity index (χ2v) is 11.8. The van der Waals surface area contributed by atoms with Crippen molar-refractivity contribution in [3.63, 3.8) is 0 Å². The molecular weight excluding hydrogens is 608 g/mol. The molecule has 2 aliphatic heterocycles. The molecule has 4 amide bonds. The van der Waals surface area contributed by atoms with E-state index in [9.17, 15) is 19.5 Å². The molecule has 1 aromatic heterocycles. The fourth-order valence-corrected chi connectivity index (χ4v) is 6.24. The van der Waals surface area contributed by atoms with Crippen LogP contribution in [0.4, 0.5) is 4.79 Å². The summed E-state index contributed by atoms with van der Waals surface area (Å²) in [6, 6.07) is 28.1. The topological polar surface area (TPSA) is 119 Å². The number of benzene rings is 3. The number of hydrazine groups is 1. The number of phenolic OH excluding ortho intramolecular Hbond substituents is 1. The monoisotopic (exact) mass is 646 g/mol. The molecule has 3 heterocycles. The molecule has 0 saturated carbocycles. The first-order valence-electron chi connectivity index (χ1n) is 15.8. The summed E-state index contributed by atoms with van der Waals surface area (Å²) in [5, 5.41) is 16.1. The second-order valence-electron chi connectivity index (χ2n) is 11.8. The van der Waals surface area contributed by atoms with Crippen LogP contribution in [0.5, 0.6) is 11.5 Å². The van der Waals surface area contributed by atoms with Crippen molar-refractivity contribution in [1.29, 1.82) is 0 Å². The Balaban J connectivity index is 1.33. The molecule has 3 aromatic carbocycles. The number of aromatic nitrogens is 1. The second kappa shape index (κ2) is 14.4. The number of urea groups is 1. The third-order valence-corrected chi connectivity index (χ3v) is 8.58. The summed E-state index contributed by atoms with van der Waals surface area (Å²) in [6.45, 7) is 4.57. The molecule has 246 valence electrons. The van der Waals surface area contributed by atoms with Gasteiger partial charge in [-0.2, -0.15) is 0 Å². The van der Waals surface area contributed by atoms with Gasteiger partial charge in [-0.15, -0.1) is 6.58 Å². The van der Waals surface area contributed by atoms with Gasteiger partial charge in [0.1, 0.15) is 23.7 Å². The summed E-state index contributed by atoms with van der Waals surface area (Å²) in [4.78, 5) is 50.2. The van der Waals surface area contributed by atoms with Crippen molar-refractivity contribution in [2.45, 2.75) is 31.7 Å². The van der Waals surface area contributed by atoms with Crippen molar-refractivity contribution in [3.8, 4) is 22.8 Å². The number of amides is 4. The van der Waals surface area contributed by atoms with Gasteiger partial charge in [0.25, 0.3) is 0 Å². The highest BCUT2D eigenvalue weighted by Gasteiger charge is 2.51. The van der Waals surface area contributed by atoms with Gasteiger partial charge in [-0.25, -0.2) is 14.8 Å². The lowest BCUT2D eigenvalue weighted by Crippen LogP contribution is -2.76. The third-order valence-electron chi connectivity index (χ3n) is 8.58. The van der Waals surface area contributed by atoms with Crippen molar-refractivity contribution < 1.29 is 24.2 Å². The lowest BCUT2D eigenvalue weighted by Gasteiger charge is -2.55. The van der Waals surface area contributed by atoms with Gasteiger partial charge in [0.15, 0.2) is 0 Å². The predicted molar refractivity (Wildman–Crippen MR) is 180 cm³/mol. The lowest BCUT2D eigenvalue weighted by atomic mass is 9.98. The molecule has 0 radical (unpaired) electrons. The van der Waals surface area contributed by atoms with Gasteiger partial charge in [0, 0.05) is 25.1 Å². The highest BCUT2D eigenvalue weighted by Crippen LogP contribution is 2.30. The number of hydrogen-bond donors (Lipinski definition) is 2. The number of ether oxygens (including phenoxy) is 1. The van der Waals surface area contributed by atoms with Crippen molar-refractivity contribution in [1.82, 2.24) is 30.1 Å². The molecule has 2 saturated heterocycles. The van der Waals surface area contributed by atoms with E-state index in [2.05, 4.69) is 11.9 Å². The molecule has 48 heavy (non-hydrogen) atoms. The highest BCUT2D eigenvalue weighted by atomic mass is 16.5. The molecule has 0 unspecified atom stereocenters. The maximum Gasteiger partial charge on any atom is 0.334 e. The standard InChI is InChI=1S/C37H38N6O5/c1-3-20-41-25-35(45)42-33(21-26-12-16-30(44)17-13-26)36(46)40(24-34(42)43(41)37(47)38-22-27-8-5-4-6-9-27)23-29-10-7-11-32(39-29)28-14-18-31(48-2)19-15-28/h3-19,33-34,44H,1,20-25H2,2H3,(H,38,47)/t33-,34-/m0/s1. The minimum absolute atomic E-state index is 0.0808. The number of nitrogens with one attached hydrogen (secondary N) is 1. The zero-order valence-electron chi connectivity index (χ0n) is 26.7.